The van der Waals surface area contributed by atoms with Crippen LogP contribution in [-0.2, 0) is 4.79 Å². The van der Waals surface area contributed by atoms with E-state index in [0.29, 0.717) is 31.1 Å². The number of nitrogens with zero attached hydrogens (tertiary/aromatic N) is 2. The van der Waals surface area contributed by atoms with Gasteiger partial charge < -0.3 is 10.2 Å². The number of thiazole rings is 1. The van der Waals surface area contributed by atoms with Crippen molar-refractivity contribution in [3.63, 3.8) is 0 Å². The molecule has 2 aromatic rings. The van der Waals surface area contributed by atoms with Gasteiger partial charge in [0.1, 0.15) is 5.54 Å². The number of imide groups is 1. The number of amides is 5. The van der Waals surface area contributed by atoms with Crippen LogP contribution < -0.4 is 16.0 Å². The van der Waals surface area contributed by atoms with Crippen LogP contribution in [0.4, 0.5) is 14.7 Å². The topological polar surface area (TPSA) is 103 Å². The summed E-state index contributed by atoms with van der Waals surface area (Å²) in [6.45, 7) is 2.78. The van der Waals surface area contributed by atoms with Crippen LogP contribution in [0.2, 0.25) is 0 Å². The molecule has 1 aromatic heterocycles. The molecular weight excluding hydrogens is 378 g/mol. The number of hydrogen-bond donors (Lipinski definition) is 3. The number of likely N-dealkylation sites (tertiary alicyclic amines) is 1. The van der Waals surface area contributed by atoms with E-state index in [1.807, 2.05) is 30.3 Å². The Morgan fingerprint density at radius 1 is 1.25 bits per heavy atom. The second-order valence-electron chi connectivity index (χ2n) is 7.20. The molecule has 2 saturated heterocycles. The Morgan fingerprint density at radius 3 is 2.61 bits per heavy atom. The molecule has 2 fully saturated rings. The molecule has 0 unspecified atom stereocenters. The summed E-state index contributed by atoms with van der Waals surface area (Å²) in [5.41, 5.74) is 0.158. The van der Waals surface area contributed by atoms with Gasteiger partial charge in [-0.05, 0) is 31.2 Å². The van der Waals surface area contributed by atoms with Crippen molar-refractivity contribution in [1.82, 2.24) is 20.5 Å². The van der Waals surface area contributed by atoms with Crippen LogP contribution in [0.25, 0.3) is 10.4 Å². The monoisotopic (exact) mass is 399 g/mol. The number of urea groups is 2. The van der Waals surface area contributed by atoms with Crippen LogP contribution in [0, 0.1) is 5.92 Å². The fourth-order valence-electron chi connectivity index (χ4n) is 3.74. The molecule has 4 rings (SSSR count). The second-order valence-corrected chi connectivity index (χ2v) is 8.23. The van der Waals surface area contributed by atoms with E-state index in [0.717, 1.165) is 10.4 Å². The highest BCUT2D eigenvalue weighted by Crippen LogP contribution is 2.32. The molecule has 146 valence electrons. The zero-order chi connectivity index (χ0) is 19.7. The molecule has 3 N–H and O–H groups in total. The Balaban J connectivity index is 1.34. The van der Waals surface area contributed by atoms with Gasteiger partial charge in [-0.3, -0.25) is 15.4 Å². The number of piperidine rings is 1. The van der Waals surface area contributed by atoms with Crippen molar-refractivity contribution in [2.75, 3.05) is 18.4 Å². The van der Waals surface area contributed by atoms with Crippen molar-refractivity contribution in [1.29, 1.82) is 0 Å². The van der Waals surface area contributed by atoms with Gasteiger partial charge in [0.2, 0.25) is 0 Å². The maximum atomic E-state index is 12.6. The summed E-state index contributed by atoms with van der Waals surface area (Å²) < 4.78 is 0. The molecule has 1 aromatic carbocycles. The molecule has 28 heavy (non-hydrogen) atoms. The average Bonchev–Trinajstić information content (AvgIpc) is 3.27. The third-order valence-corrected chi connectivity index (χ3v) is 6.41. The fourth-order valence-corrected chi connectivity index (χ4v) is 4.55. The van der Waals surface area contributed by atoms with Crippen LogP contribution in [0.1, 0.15) is 19.8 Å². The van der Waals surface area contributed by atoms with Crippen molar-refractivity contribution >= 4 is 34.4 Å². The van der Waals surface area contributed by atoms with E-state index in [2.05, 4.69) is 20.9 Å². The van der Waals surface area contributed by atoms with Crippen molar-refractivity contribution in [2.24, 2.45) is 5.92 Å². The molecule has 0 spiro atoms. The zero-order valence-electron chi connectivity index (χ0n) is 15.4. The van der Waals surface area contributed by atoms with Crippen LogP contribution in [0.15, 0.2) is 36.5 Å². The SMILES string of the molecule is C[C@]1(C2CCN(C(=O)Nc3ncc(-c4ccccc4)s3)CC2)NC(=O)NC1=O. The Hall–Kier alpha value is -2.94. The molecule has 8 nitrogen and oxygen atoms in total. The van der Waals surface area contributed by atoms with Crippen molar-refractivity contribution in [3.8, 4) is 10.4 Å². The Morgan fingerprint density at radius 2 is 1.96 bits per heavy atom. The zero-order valence-corrected chi connectivity index (χ0v) is 16.2. The molecule has 1 atom stereocenters. The van der Waals surface area contributed by atoms with E-state index in [-0.39, 0.29) is 17.9 Å². The van der Waals surface area contributed by atoms with E-state index >= 15 is 0 Å². The molecule has 2 aliphatic rings. The average molecular weight is 399 g/mol. The molecule has 9 heteroatoms. The van der Waals surface area contributed by atoms with E-state index in [1.54, 1.807) is 18.0 Å². The van der Waals surface area contributed by atoms with Gasteiger partial charge in [0.15, 0.2) is 5.13 Å². The van der Waals surface area contributed by atoms with Crippen LogP contribution in [0.3, 0.4) is 0 Å². The van der Waals surface area contributed by atoms with Gasteiger partial charge in [-0.1, -0.05) is 41.7 Å². The first-order chi connectivity index (χ1) is 13.5. The summed E-state index contributed by atoms with van der Waals surface area (Å²) in [6.07, 6.45) is 3.04. The number of carbonyl (C=O) groups excluding carboxylic acids is 3. The number of aromatic nitrogens is 1. The quantitative estimate of drug-likeness (QED) is 0.690. The lowest BCUT2D eigenvalue weighted by molar-refractivity contribution is -0.125. The Kier molecular flexibility index (Phi) is 4.76. The number of carbonyl (C=O) groups is 3. The molecule has 2 aliphatic heterocycles. The van der Waals surface area contributed by atoms with Crippen LogP contribution >= 0.6 is 11.3 Å². The highest BCUT2D eigenvalue weighted by Gasteiger charge is 2.48. The smallest absolute Gasteiger partial charge is 0.323 e. The van der Waals surface area contributed by atoms with Gasteiger partial charge in [-0.2, -0.15) is 0 Å². The van der Waals surface area contributed by atoms with E-state index in [9.17, 15) is 14.4 Å². The predicted octanol–water partition coefficient (Wildman–Crippen LogP) is 2.65. The van der Waals surface area contributed by atoms with Crippen molar-refractivity contribution < 1.29 is 14.4 Å². The number of nitrogens with one attached hydrogen (secondary N) is 3. The minimum atomic E-state index is -0.903. The standard InChI is InChI=1S/C19H21N5O3S/c1-19(15(25)21-16(26)23-19)13-7-9-24(10-8-13)18(27)22-17-20-11-14(28-17)12-5-3-2-4-6-12/h2-6,11,13H,7-10H2,1H3,(H,20,22,27)(H2,21,23,25,26)/t19-/m1/s1. The minimum Gasteiger partial charge on any atom is -0.324 e. The minimum absolute atomic E-state index is 0.00690. The lowest BCUT2D eigenvalue weighted by atomic mass is 9.79. The van der Waals surface area contributed by atoms with Crippen LogP contribution in [-0.4, -0.2) is 46.5 Å². The molecule has 0 radical (unpaired) electrons. The summed E-state index contributed by atoms with van der Waals surface area (Å²) in [6, 6.07) is 9.24. The molecule has 0 aliphatic carbocycles. The summed E-state index contributed by atoms with van der Waals surface area (Å²) in [7, 11) is 0. The normalized spacial score (nSPS) is 22.7. The Bertz CT molecular complexity index is 907. The summed E-state index contributed by atoms with van der Waals surface area (Å²) in [5.74, 6) is -0.302. The maximum absolute atomic E-state index is 12.6. The van der Waals surface area contributed by atoms with Crippen molar-refractivity contribution in [2.45, 2.75) is 25.3 Å². The number of rotatable bonds is 3. The molecule has 5 amide bonds. The summed E-state index contributed by atoms with van der Waals surface area (Å²) in [4.78, 5) is 43.1. The van der Waals surface area contributed by atoms with E-state index < -0.39 is 11.6 Å². The molecule has 0 saturated carbocycles. The van der Waals surface area contributed by atoms with E-state index in [1.165, 1.54) is 11.3 Å². The van der Waals surface area contributed by atoms with Gasteiger partial charge in [0.25, 0.3) is 5.91 Å². The number of hydrogen-bond acceptors (Lipinski definition) is 5. The largest absolute Gasteiger partial charge is 0.324 e. The first kappa shape index (κ1) is 18.4. The second kappa shape index (κ2) is 7.23. The predicted molar refractivity (Wildman–Crippen MR) is 106 cm³/mol. The van der Waals surface area contributed by atoms with Gasteiger partial charge in [-0.25, -0.2) is 14.6 Å². The fraction of sp³-hybridized carbons (Fsp3) is 0.368. The van der Waals surface area contributed by atoms with Crippen LogP contribution in [0.5, 0.6) is 0 Å². The van der Waals surface area contributed by atoms with Gasteiger partial charge >= 0.3 is 12.1 Å². The third-order valence-electron chi connectivity index (χ3n) is 5.45. The first-order valence-corrected chi connectivity index (χ1v) is 9.98. The van der Waals surface area contributed by atoms with Gasteiger partial charge in [0.05, 0.1) is 4.88 Å². The summed E-state index contributed by atoms with van der Waals surface area (Å²) in [5, 5.41) is 8.44. The highest BCUT2D eigenvalue weighted by atomic mass is 32.1. The van der Waals surface area contributed by atoms with Gasteiger partial charge in [0, 0.05) is 19.3 Å². The number of anilines is 1. The molecule has 3 heterocycles. The lowest BCUT2D eigenvalue weighted by Crippen LogP contribution is -2.54. The first-order valence-electron chi connectivity index (χ1n) is 9.16. The van der Waals surface area contributed by atoms with Crippen molar-refractivity contribution in [3.05, 3.63) is 36.5 Å². The molecule has 0 bridgehead atoms. The lowest BCUT2D eigenvalue weighted by Gasteiger charge is -2.38. The van der Waals surface area contributed by atoms with E-state index in [4.69, 9.17) is 0 Å². The highest BCUT2D eigenvalue weighted by molar-refractivity contribution is 7.19. The Labute approximate surface area is 166 Å². The third kappa shape index (κ3) is 3.45. The summed E-state index contributed by atoms with van der Waals surface area (Å²) >= 11 is 1.43. The molecular formula is C19H21N5O3S. The maximum Gasteiger partial charge on any atom is 0.323 e. The van der Waals surface area contributed by atoms with Gasteiger partial charge in [-0.15, -0.1) is 0 Å². The number of benzene rings is 1.